The predicted octanol–water partition coefficient (Wildman–Crippen LogP) is 0.336. The molecule has 0 radical (unpaired) electrons. The highest BCUT2D eigenvalue weighted by Gasteiger charge is 2.21. The van der Waals surface area contributed by atoms with E-state index in [1.54, 1.807) is 0 Å². The fraction of sp³-hybridized carbons (Fsp3) is 0.714. The van der Waals surface area contributed by atoms with E-state index in [1.165, 1.54) is 5.06 Å². The Morgan fingerprint density at radius 3 is 2.53 bits per heavy atom. The van der Waals surface area contributed by atoms with Crippen molar-refractivity contribution in [2.24, 2.45) is 10.3 Å². The van der Waals surface area contributed by atoms with Gasteiger partial charge in [-0.1, -0.05) is 4.36 Å². The second-order valence-corrected chi connectivity index (χ2v) is 3.61. The maximum atomic E-state index is 10.8. The maximum absolute atomic E-state index is 10.8. The Morgan fingerprint density at radius 2 is 2.07 bits per heavy atom. The minimum Gasteiger partial charge on any atom is -0.349 e. The monoisotopic (exact) mass is 231 g/mol. The van der Waals surface area contributed by atoms with Gasteiger partial charge in [-0.25, -0.2) is 4.79 Å². The lowest BCUT2D eigenvalue weighted by Crippen LogP contribution is -2.34. The van der Waals surface area contributed by atoms with Crippen molar-refractivity contribution in [3.8, 4) is 6.07 Å². The molecule has 82 valence electrons. The number of amides is 1. The first-order valence-corrected chi connectivity index (χ1v) is 5.32. The summed E-state index contributed by atoms with van der Waals surface area (Å²) < 4.78 is 22.7. The molecule has 0 aliphatic carbocycles. The average molecular weight is 231 g/mol. The molecule has 1 amide bonds. The number of hydroxylamine groups is 2. The minimum atomic E-state index is -2.79. The predicted molar refractivity (Wildman–Crippen MR) is 47.7 cm³/mol. The Labute approximate surface area is 87.9 Å². The molecule has 0 aromatic carbocycles. The Morgan fingerprint density at radius 1 is 1.47 bits per heavy atom. The van der Waals surface area contributed by atoms with Crippen LogP contribution >= 0.6 is 0 Å². The van der Waals surface area contributed by atoms with Crippen LogP contribution in [0.5, 0.6) is 0 Å². The van der Waals surface area contributed by atoms with Crippen LogP contribution in [0.3, 0.4) is 0 Å². The molecule has 0 N–H and O–H groups in total. The summed E-state index contributed by atoms with van der Waals surface area (Å²) in [5.41, 5.74) is 0. The van der Waals surface area contributed by atoms with Crippen molar-refractivity contribution in [1.29, 1.82) is 5.26 Å². The third kappa shape index (κ3) is 4.05. The Balaban J connectivity index is 2.40. The Bertz CT molecular complexity index is 394. The molecule has 0 aromatic heterocycles. The second-order valence-electron chi connectivity index (χ2n) is 3.00. The van der Waals surface area contributed by atoms with Gasteiger partial charge in [0, 0.05) is 19.0 Å². The Kier molecular flexibility index (Phi) is 4.20. The molecule has 15 heavy (non-hydrogen) atoms. The zero-order chi connectivity index (χ0) is 11.3. The van der Waals surface area contributed by atoms with Crippen LogP contribution in [0, 0.1) is 17.2 Å². The van der Waals surface area contributed by atoms with Crippen molar-refractivity contribution < 1.29 is 18.0 Å². The van der Waals surface area contributed by atoms with E-state index in [1.807, 2.05) is 0 Å². The first-order valence-electron chi connectivity index (χ1n) is 4.29. The summed E-state index contributed by atoms with van der Waals surface area (Å²) >= 11 is 0. The van der Waals surface area contributed by atoms with Gasteiger partial charge in [0.15, 0.2) is 0 Å². The van der Waals surface area contributed by atoms with Crippen LogP contribution in [-0.2, 0) is 15.3 Å². The number of nitriles is 1. The molecule has 8 heteroatoms. The zero-order valence-corrected chi connectivity index (χ0v) is 8.61. The summed E-state index contributed by atoms with van der Waals surface area (Å²) in [7, 11) is -2.79. The largest absolute Gasteiger partial charge is 0.467 e. The number of rotatable bonds is 1. The van der Waals surface area contributed by atoms with E-state index >= 15 is 0 Å². The van der Waals surface area contributed by atoms with Crippen LogP contribution in [0.25, 0.3) is 0 Å². The summed E-state index contributed by atoms with van der Waals surface area (Å²) in [5, 5.41) is 9.91. The van der Waals surface area contributed by atoms with E-state index in [-0.39, 0.29) is 5.92 Å². The number of hydrogen-bond acceptors (Lipinski definition) is 6. The molecule has 0 spiro atoms. The molecule has 1 rings (SSSR count). The molecule has 0 aromatic rings. The van der Waals surface area contributed by atoms with E-state index in [4.69, 9.17) is 5.26 Å². The lowest BCUT2D eigenvalue weighted by atomic mass is 10.0. The summed E-state index contributed by atoms with van der Waals surface area (Å²) in [6, 6.07) is 2.12. The van der Waals surface area contributed by atoms with Gasteiger partial charge in [-0.05, 0) is 12.8 Å². The Hall–Kier alpha value is -1.46. The lowest BCUT2D eigenvalue weighted by Gasteiger charge is -2.26. The topological polar surface area (TPSA) is 99.8 Å². The van der Waals surface area contributed by atoms with Crippen molar-refractivity contribution in [1.82, 2.24) is 5.06 Å². The van der Waals surface area contributed by atoms with Gasteiger partial charge < -0.3 is 4.84 Å². The zero-order valence-electron chi connectivity index (χ0n) is 7.79. The molecule has 0 bridgehead atoms. The summed E-state index contributed by atoms with van der Waals surface area (Å²) in [4.78, 5) is 15.4. The molecular weight excluding hydrogens is 222 g/mol. The number of nitrogens with zero attached hydrogens (tertiary/aromatic N) is 3. The highest BCUT2D eigenvalue weighted by molar-refractivity contribution is 7.62. The third-order valence-corrected chi connectivity index (χ3v) is 2.29. The third-order valence-electron chi connectivity index (χ3n) is 1.99. The van der Waals surface area contributed by atoms with Crippen LogP contribution in [0.2, 0.25) is 0 Å². The van der Waals surface area contributed by atoms with Gasteiger partial charge in [0.25, 0.3) is 0 Å². The smallest absolute Gasteiger partial charge is 0.349 e. The molecule has 1 aliphatic heterocycles. The number of carbonyl (C=O) groups is 1. The molecule has 0 saturated carbocycles. The molecule has 0 unspecified atom stereocenters. The fourth-order valence-electron chi connectivity index (χ4n) is 1.26. The van der Waals surface area contributed by atoms with Crippen LogP contribution < -0.4 is 0 Å². The van der Waals surface area contributed by atoms with Gasteiger partial charge in [0.05, 0.1) is 6.07 Å². The molecule has 1 heterocycles. The lowest BCUT2D eigenvalue weighted by molar-refractivity contribution is -0.111. The highest BCUT2D eigenvalue weighted by atomic mass is 32.2. The first-order chi connectivity index (χ1) is 7.11. The standard InChI is InChI=1S/C7H9N3O4S/c8-5-6-1-3-10(4-2-6)14-7(11)9-15(12)13/h6H,1-4H2. The van der Waals surface area contributed by atoms with Gasteiger partial charge in [-0.3, -0.25) is 0 Å². The summed E-state index contributed by atoms with van der Waals surface area (Å²) in [6.45, 7) is 0.843. The second kappa shape index (κ2) is 5.43. The van der Waals surface area contributed by atoms with Crippen molar-refractivity contribution >= 4 is 16.6 Å². The van der Waals surface area contributed by atoms with Gasteiger partial charge >= 0.3 is 16.6 Å². The molecule has 1 fully saturated rings. The van der Waals surface area contributed by atoms with Crippen LogP contribution in [0.1, 0.15) is 12.8 Å². The van der Waals surface area contributed by atoms with E-state index < -0.39 is 16.6 Å². The number of carbonyl (C=O) groups excluding carboxylic acids is 1. The number of hydrogen-bond donors (Lipinski definition) is 0. The highest BCUT2D eigenvalue weighted by Crippen LogP contribution is 2.16. The van der Waals surface area contributed by atoms with Gasteiger partial charge in [0.1, 0.15) is 0 Å². The molecular formula is C7H9N3O4S. The van der Waals surface area contributed by atoms with Crippen molar-refractivity contribution in [3.63, 3.8) is 0 Å². The van der Waals surface area contributed by atoms with Crippen molar-refractivity contribution in [3.05, 3.63) is 0 Å². The van der Waals surface area contributed by atoms with E-state index in [9.17, 15) is 13.2 Å². The van der Waals surface area contributed by atoms with Crippen LogP contribution in [-0.4, -0.2) is 32.7 Å². The van der Waals surface area contributed by atoms with Crippen LogP contribution in [0.4, 0.5) is 4.79 Å². The summed E-state index contributed by atoms with van der Waals surface area (Å²) in [6.07, 6.45) is 0.0489. The molecule has 7 nitrogen and oxygen atoms in total. The molecule has 1 aliphatic rings. The van der Waals surface area contributed by atoms with E-state index in [0.29, 0.717) is 25.9 Å². The van der Waals surface area contributed by atoms with E-state index in [2.05, 4.69) is 15.3 Å². The number of piperidine rings is 1. The summed E-state index contributed by atoms with van der Waals surface area (Å²) in [5.74, 6) is -0.0227. The minimum absolute atomic E-state index is 0.0227. The average Bonchev–Trinajstić information content (AvgIpc) is 2.17. The normalized spacial score (nSPS) is 17.8. The maximum Gasteiger partial charge on any atom is 0.467 e. The quantitative estimate of drug-likeness (QED) is 0.645. The van der Waals surface area contributed by atoms with Crippen molar-refractivity contribution in [2.45, 2.75) is 12.8 Å². The molecule has 1 saturated heterocycles. The SMILES string of the molecule is N#CC1CCN(OC(=O)N=S(=O)=O)CC1. The van der Waals surface area contributed by atoms with Crippen LogP contribution in [0.15, 0.2) is 4.36 Å². The first kappa shape index (κ1) is 11.6. The van der Waals surface area contributed by atoms with Gasteiger partial charge in [-0.2, -0.15) is 13.7 Å². The molecule has 0 atom stereocenters. The fourth-order valence-corrected chi connectivity index (χ4v) is 1.42. The van der Waals surface area contributed by atoms with Gasteiger partial charge in [-0.15, -0.1) is 5.06 Å². The van der Waals surface area contributed by atoms with E-state index in [0.717, 1.165) is 0 Å². The van der Waals surface area contributed by atoms with Crippen molar-refractivity contribution in [2.75, 3.05) is 13.1 Å². The van der Waals surface area contributed by atoms with Gasteiger partial charge in [0.2, 0.25) is 0 Å².